The molecular formula is C18H26N2O. The van der Waals surface area contributed by atoms with Crippen LogP contribution in [-0.2, 0) is 19.6 Å². The molecule has 0 radical (unpaired) electrons. The highest BCUT2D eigenvalue weighted by atomic mass is 16.5. The molecule has 0 saturated carbocycles. The average Bonchev–Trinajstić information content (AvgIpc) is 2.86. The molecule has 2 rings (SSSR count). The first-order valence-corrected chi connectivity index (χ1v) is 7.92. The molecule has 0 aliphatic rings. The van der Waals surface area contributed by atoms with Crippen LogP contribution in [0.15, 0.2) is 36.4 Å². The van der Waals surface area contributed by atoms with Crippen LogP contribution >= 0.6 is 0 Å². The van der Waals surface area contributed by atoms with Crippen LogP contribution in [0.1, 0.15) is 44.9 Å². The molecule has 0 bridgehead atoms. The van der Waals surface area contributed by atoms with Gasteiger partial charge in [-0.1, -0.05) is 57.5 Å². The van der Waals surface area contributed by atoms with Gasteiger partial charge in [0.05, 0.1) is 5.69 Å². The van der Waals surface area contributed by atoms with Gasteiger partial charge in [0.1, 0.15) is 6.61 Å². The Kier molecular flexibility index (Phi) is 5.85. The minimum Gasteiger partial charge on any atom is -0.473 e. The van der Waals surface area contributed by atoms with Crippen LogP contribution in [-0.4, -0.2) is 9.78 Å². The molecule has 0 spiro atoms. The number of hydrogen-bond acceptors (Lipinski definition) is 2. The Morgan fingerprint density at radius 1 is 1.19 bits per heavy atom. The molecule has 1 aromatic carbocycles. The molecule has 0 aliphatic heterocycles. The predicted molar refractivity (Wildman–Crippen MR) is 86.5 cm³/mol. The molecule has 2 aromatic rings. The van der Waals surface area contributed by atoms with Gasteiger partial charge in [0, 0.05) is 12.6 Å². The maximum absolute atomic E-state index is 5.98. The summed E-state index contributed by atoms with van der Waals surface area (Å²) in [6.07, 6.45) is 3.24. The van der Waals surface area contributed by atoms with E-state index in [1.165, 1.54) is 5.56 Å². The van der Waals surface area contributed by atoms with Gasteiger partial charge in [-0.05, 0) is 24.3 Å². The van der Waals surface area contributed by atoms with E-state index in [2.05, 4.69) is 44.1 Å². The zero-order valence-electron chi connectivity index (χ0n) is 13.4. The van der Waals surface area contributed by atoms with Gasteiger partial charge in [-0.3, -0.25) is 0 Å². The molecule has 0 atom stereocenters. The first-order chi connectivity index (χ1) is 10.2. The SMILES string of the molecule is CCCc1cc(OCc2ccccc2)n(CCC(C)C)n1. The van der Waals surface area contributed by atoms with Gasteiger partial charge >= 0.3 is 0 Å². The maximum atomic E-state index is 5.98. The van der Waals surface area contributed by atoms with Crippen molar-refractivity contribution in [1.82, 2.24) is 9.78 Å². The summed E-state index contributed by atoms with van der Waals surface area (Å²) in [6, 6.07) is 12.4. The van der Waals surface area contributed by atoms with Gasteiger partial charge in [0.25, 0.3) is 0 Å². The molecule has 1 aromatic heterocycles. The van der Waals surface area contributed by atoms with Crippen LogP contribution < -0.4 is 4.74 Å². The fraction of sp³-hybridized carbons (Fsp3) is 0.500. The second-order valence-corrected chi connectivity index (χ2v) is 5.90. The Balaban J connectivity index is 2.04. The highest BCUT2D eigenvalue weighted by molar-refractivity contribution is 5.19. The number of ether oxygens (including phenoxy) is 1. The van der Waals surface area contributed by atoms with Gasteiger partial charge < -0.3 is 4.74 Å². The van der Waals surface area contributed by atoms with Crippen LogP contribution in [0, 0.1) is 5.92 Å². The number of benzene rings is 1. The number of hydrogen-bond donors (Lipinski definition) is 0. The third-order valence-electron chi connectivity index (χ3n) is 3.45. The van der Waals surface area contributed by atoms with Crippen molar-refractivity contribution in [3.05, 3.63) is 47.7 Å². The van der Waals surface area contributed by atoms with Gasteiger partial charge in [-0.25, -0.2) is 4.68 Å². The molecule has 0 aliphatic carbocycles. The summed E-state index contributed by atoms with van der Waals surface area (Å²) < 4.78 is 8.00. The van der Waals surface area contributed by atoms with Crippen molar-refractivity contribution in [1.29, 1.82) is 0 Å². The van der Waals surface area contributed by atoms with E-state index in [9.17, 15) is 0 Å². The van der Waals surface area contributed by atoms with E-state index in [1.807, 2.05) is 22.9 Å². The second-order valence-electron chi connectivity index (χ2n) is 5.90. The molecule has 0 saturated heterocycles. The highest BCUT2D eigenvalue weighted by Crippen LogP contribution is 2.18. The second kappa shape index (κ2) is 7.87. The number of aryl methyl sites for hydroxylation is 2. The molecule has 3 heteroatoms. The van der Waals surface area contributed by atoms with Crippen molar-refractivity contribution >= 4 is 0 Å². The van der Waals surface area contributed by atoms with Crippen LogP contribution in [0.4, 0.5) is 0 Å². The summed E-state index contributed by atoms with van der Waals surface area (Å²) in [7, 11) is 0. The number of rotatable bonds is 8. The van der Waals surface area contributed by atoms with Crippen LogP contribution in [0.2, 0.25) is 0 Å². The molecule has 21 heavy (non-hydrogen) atoms. The molecular weight excluding hydrogens is 260 g/mol. The lowest BCUT2D eigenvalue weighted by atomic mass is 10.1. The third-order valence-corrected chi connectivity index (χ3v) is 3.45. The molecule has 1 heterocycles. The first-order valence-electron chi connectivity index (χ1n) is 7.92. The van der Waals surface area contributed by atoms with Crippen molar-refractivity contribution in [3.8, 4) is 5.88 Å². The minimum absolute atomic E-state index is 0.597. The van der Waals surface area contributed by atoms with Gasteiger partial charge in [-0.2, -0.15) is 5.10 Å². The Labute approximate surface area is 127 Å². The van der Waals surface area contributed by atoms with Crippen molar-refractivity contribution < 1.29 is 4.74 Å². The molecule has 0 unspecified atom stereocenters. The van der Waals surface area contributed by atoms with Crippen molar-refractivity contribution in [2.45, 2.75) is 53.2 Å². The molecule has 0 N–H and O–H groups in total. The molecule has 114 valence electrons. The zero-order chi connectivity index (χ0) is 15.1. The highest BCUT2D eigenvalue weighted by Gasteiger charge is 2.09. The summed E-state index contributed by atoms with van der Waals surface area (Å²) in [4.78, 5) is 0. The Bertz CT molecular complexity index is 531. The van der Waals surface area contributed by atoms with E-state index >= 15 is 0 Å². The summed E-state index contributed by atoms with van der Waals surface area (Å²) in [5, 5.41) is 4.68. The minimum atomic E-state index is 0.597. The number of aromatic nitrogens is 2. The lowest BCUT2D eigenvalue weighted by molar-refractivity contribution is 0.268. The average molecular weight is 286 g/mol. The van der Waals surface area contributed by atoms with E-state index < -0.39 is 0 Å². The van der Waals surface area contributed by atoms with Crippen molar-refractivity contribution in [3.63, 3.8) is 0 Å². The topological polar surface area (TPSA) is 27.1 Å². The fourth-order valence-corrected chi connectivity index (χ4v) is 2.22. The molecule has 3 nitrogen and oxygen atoms in total. The van der Waals surface area contributed by atoms with Gasteiger partial charge in [0.2, 0.25) is 5.88 Å². The summed E-state index contributed by atoms with van der Waals surface area (Å²) in [5.74, 6) is 1.56. The number of nitrogens with zero attached hydrogens (tertiary/aromatic N) is 2. The van der Waals surface area contributed by atoms with Crippen LogP contribution in [0.25, 0.3) is 0 Å². The quantitative estimate of drug-likeness (QED) is 0.716. The fourth-order valence-electron chi connectivity index (χ4n) is 2.22. The normalized spacial score (nSPS) is 11.0. The van der Waals surface area contributed by atoms with E-state index in [0.29, 0.717) is 12.5 Å². The smallest absolute Gasteiger partial charge is 0.212 e. The van der Waals surface area contributed by atoms with Gasteiger partial charge in [0.15, 0.2) is 0 Å². The predicted octanol–water partition coefficient (Wildman–Crippen LogP) is 4.46. The molecule has 0 amide bonds. The zero-order valence-corrected chi connectivity index (χ0v) is 13.4. The Hall–Kier alpha value is -1.77. The van der Waals surface area contributed by atoms with Crippen LogP contribution in [0.5, 0.6) is 5.88 Å². The standard InChI is InChI=1S/C18H26N2O/c1-4-8-17-13-18(20(19-17)12-11-15(2)3)21-14-16-9-6-5-7-10-16/h5-7,9-10,13,15H,4,8,11-12,14H2,1-3H3. The van der Waals surface area contributed by atoms with E-state index in [0.717, 1.165) is 37.4 Å². The van der Waals surface area contributed by atoms with E-state index in [1.54, 1.807) is 0 Å². The van der Waals surface area contributed by atoms with Gasteiger partial charge in [-0.15, -0.1) is 0 Å². The van der Waals surface area contributed by atoms with Crippen molar-refractivity contribution in [2.24, 2.45) is 5.92 Å². The lowest BCUT2D eigenvalue weighted by Gasteiger charge is -2.10. The first kappa shape index (κ1) is 15.6. The Morgan fingerprint density at radius 2 is 1.95 bits per heavy atom. The van der Waals surface area contributed by atoms with E-state index in [4.69, 9.17) is 4.74 Å². The third kappa shape index (κ3) is 4.92. The lowest BCUT2D eigenvalue weighted by Crippen LogP contribution is -2.07. The summed E-state index contributed by atoms with van der Waals surface area (Å²) in [6.45, 7) is 8.17. The monoisotopic (exact) mass is 286 g/mol. The van der Waals surface area contributed by atoms with E-state index in [-0.39, 0.29) is 0 Å². The summed E-state index contributed by atoms with van der Waals surface area (Å²) in [5.41, 5.74) is 2.32. The summed E-state index contributed by atoms with van der Waals surface area (Å²) >= 11 is 0. The van der Waals surface area contributed by atoms with Crippen molar-refractivity contribution in [2.75, 3.05) is 0 Å². The van der Waals surface area contributed by atoms with Crippen LogP contribution in [0.3, 0.4) is 0 Å². The molecule has 0 fully saturated rings. The largest absolute Gasteiger partial charge is 0.473 e. The maximum Gasteiger partial charge on any atom is 0.212 e. The Morgan fingerprint density at radius 3 is 2.62 bits per heavy atom.